The lowest BCUT2D eigenvalue weighted by Gasteiger charge is -2.38. The summed E-state index contributed by atoms with van der Waals surface area (Å²) in [5, 5.41) is 3.36. The fourth-order valence-corrected chi connectivity index (χ4v) is 6.61. The first kappa shape index (κ1) is 34.9. The largest absolute Gasteiger partial charge is 0.493 e. The summed E-state index contributed by atoms with van der Waals surface area (Å²) in [5.41, 5.74) is 10.1. The minimum atomic E-state index is -0.541. The van der Waals surface area contributed by atoms with E-state index in [0.717, 1.165) is 34.4 Å². The molecule has 0 saturated carbocycles. The fourth-order valence-electron chi connectivity index (χ4n) is 6.61. The zero-order valence-electron chi connectivity index (χ0n) is 28.8. The van der Waals surface area contributed by atoms with E-state index in [1.807, 2.05) is 53.6 Å². The highest BCUT2D eigenvalue weighted by molar-refractivity contribution is 5.86. The topological polar surface area (TPSA) is 144 Å². The van der Waals surface area contributed by atoms with Crippen molar-refractivity contribution in [1.82, 2.24) is 15.2 Å². The molecule has 2 aliphatic rings. The molecule has 2 aromatic carbocycles. The van der Waals surface area contributed by atoms with Gasteiger partial charge in [0.1, 0.15) is 0 Å². The maximum absolute atomic E-state index is 14.0. The Kier molecular flexibility index (Phi) is 11.2. The van der Waals surface area contributed by atoms with Crippen molar-refractivity contribution in [2.75, 3.05) is 55.7 Å². The summed E-state index contributed by atoms with van der Waals surface area (Å²) in [7, 11) is 9.42. The number of methoxy groups -OCH3 is 6. The van der Waals surface area contributed by atoms with Crippen molar-refractivity contribution >= 4 is 11.8 Å². The summed E-state index contributed by atoms with van der Waals surface area (Å²) in [6.45, 7) is 0.956. The summed E-state index contributed by atoms with van der Waals surface area (Å²) in [6, 6.07) is 11.2. The van der Waals surface area contributed by atoms with Gasteiger partial charge in [0.25, 0.3) is 0 Å². The Balaban J connectivity index is 1.34. The number of benzene rings is 2. The van der Waals surface area contributed by atoms with E-state index in [0.29, 0.717) is 54.0 Å². The second-order valence-corrected chi connectivity index (χ2v) is 11.9. The normalized spacial score (nSPS) is 18.7. The Morgan fingerprint density at radius 1 is 0.898 bits per heavy atom. The number of rotatable bonds is 14. The molecule has 1 saturated heterocycles. The SMILES string of the molecule is COc1cc(-c2cc(CC3CCN(CC4=CC(c5cc(OC)c(OC)c(OC)c5)NC=C4)C(=O)[C@@H]3CC(N)=O)ccn2)cc(OC)c1OC. The predicted molar refractivity (Wildman–Crippen MR) is 184 cm³/mol. The van der Waals surface area contributed by atoms with E-state index in [-0.39, 0.29) is 24.3 Å². The first-order valence-corrected chi connectivity index (χ1v) is 16.0. The molecular formula is C37H44N4O8. The van der Waals surface area contributed by atoms with Gasteiger partial charge in [-0.3, -0.25) is 14.6 Å². The molecule has 0 aliphatic carbocycles. The quantitative estimate of drug-likeness (QED) is 0.252. The van der Waals surface area contributed by atoms with Gasteiger partial charge in [-0.25, -0.2) is 0 Å². The number of aromatic nitrogens is 1. The number of likely N-dealkylation sites (tertiary alicyclic amines) is 1. The van der Waals surface area contributed by atoms with Crippen LogP contribution in [0.5, 0.6) is 34.5 Å². The van der Waals surface area contributed by atoms with Crippen LogP contribution in [0.1, 0.15) is 30.0 Å². The number of pyridine rings is 1. The van der Waals surface area contributed by atoms with Gasteiger partial charge < -0.3 is 44.4 Å². The van der Waals surface area contributed by atoms with Crippen molar-refractivity contribution in [2.45, 2.75) is 25.3 Å². The first-order chi connectivity index (χ1) is 23.7. The average molecular weight is 673 g/mol. The number of amides is 2. The molecule has 260 valence electrons. The highest BCUT2D eigenvalue weighted by Crippen LogP contribution is 2.42. The van der Waals surface area contributed by atoms with Crippen LogP contribution in [0.15, 0.2) is 66.5 Å². The molecule has 5 rings (SSSR count). The molecule has 2 aliphatic heterocycles. The first-order valence-electron chi connectivity index (χ1n) is 16.0. The number of primary amides is 1. The molecule has 49 heavy (non-hydrogen) atoms. The Morgan fingerprint density at radius 2 is 1.51 bits per heavy atom. The third-order valence-electron chi connectivity index (χ3n) is 9.05. The van der Waals surface area contributed by atoms with Gasteiger partial charge in [0, 0.05) is 31.3 Å². The number of piperidine rings is 1. The number of nitrogens with one attached hydrogen (secondary N) is 1. The molecule has 1 fully saturated rings. The number of hydrogen-bond acceptors (Lipinski definition) is 10. The van der Waals surface area contributed by atoms with Crippen LogP contribution in [-0.4, -0.2) is 77.4 Å². The maximum atomic E-state index is 14.0. The van der Waals surface area contributed by atoms with Gasteiger partial charge in [-0.1, -0.05) is 6.08 Å². The van der Waals surface area contributed by atoms with Crippen LogP contribution in [0.25, 0.3) is 11.3 Å². The van der Waals surface area contributed by atoms with E-state index < -0.39 is 11.8 Å². The number of nitrogens with zero attached hydrogens (tertiary/aromatic N) is 2. The van der Waals surface area contributed by atoms with Crippen LogP contribution in [0.4, 0.5) is 0 Å². The van der Waals surface area contributed by atoms with Gasteiger partial charge in [-0.05, 0) is 84.1 Å². The zero-order chi connectivity index (χ0) is 35.1. The second kappa shape index (κ2) is 15.7. The third kappa shape index (κ3) is 7.69. The number of nitrogens with two attached hydrogens (primary N) is 1. The summed E-state index contributed by atoms with van der Waals surface area (Å²) < 4.78 is 33.1. The molecule has 0 spiro atoms. The second-order valence-electron chi connectivity index (χ2n) is 11.9. The molecule has 12 nitrogen and oxygen atoms in total. The smallest absolute Gasteiger partial charge is 0.226 e. The van der Waals surface area contributed by atoms with Crippen molar-refractivity contribution in [3.63, 3.8) is 0 Å². The highest BCUT2D eigenvalue weighted by atomic mass is 16.5. The van der Waals surface area contributed by atoms with Crippen LogP contribution in [0.3, 0.4) is 0 Å². The van der Waals surface area contributed by atoms with Crippen molar-refractivity contribution < 1.29 is 38.0 Å². The molecule has 0 radical (unpaired) electrons. The van der Waals surface area contributed by atoms with E-state index in [1.165, 1.54) is 0 Å². The molecule has 3 aromatic rings. The number of hydrogen-bond donors (Lipinski definition) is 2. The van der Waals surface area contributed by atoms with Crippen molar-refractivity contribution in [2.24, 2.45) is 17.6 Å². The van der Waals surface area contributed by atoms with Gasteiger partial charge in [-0.15, -0.1) is 0 Å². The van der Waals surface area contributed by atoms with Crippen LogP contribution < -0.4 is 39.5 Å². The monoisotopic (exact) mass is 672 g/mol. The standard InChI is InChI=1S/C37H44N4O8/c1-44-30-16-25(17-31(45-2)35(30)48-5)28-14-22(7-10-39-28)13-24-9-12-41(37(43)27(24)20-34(38)42)21-23-8-11-40-29(15-23)26-18-32(46-3)36(49-6)33(19-26)47-4/h7-8,10-11,14-19,24,27,29,40H,9,12-13,20-21H2,1-6H3,(H2,38,42)/t24?,27-,29?/m1/s1. The molecule has 3 atom stereocenters. The van der Waals surface area contributed by atoms with Gasteiger partial charge in [-0.2, -0.15) is 0 Å². The summed E-state index contributed by atoms with van der Waals surface area (Å²) in [5.74, 6) is 1.98. The third-order valence-corrected chi connectivity index (χ3v) is 9.05. The predicted octanol–water partition coefficient (Wildman–Crippen LogP) is 4.47. The molecule has 3 N–H and O–H groups in total. The molecule has 1 aromatic heterocycles. The van der Waals surface area contributed by atoms with Crippen LogP contribution >= 0.6 is 0 Å². The van der Waals surface area contributed by atoms with E-state index in [4.69, 9.17) is 34.2 Å². The minimum absolute atomic E-state index is 0.0185. The van der Waals surface area contributed by atoms with Gasteiger partial charge in [0.05, 0.1) is 60.3 Å². The maximum Gasteiger partial charge on any atom is 0.226 e. The lowest BCUT2D eigenvalue weighted by Crippen LogP contribution is -2.48. The van der Waals surface area contributed by atoms with Crippen LogP contribution in [0, 0.1) is 11.8 Å². The Morgan fingerprint density at radius 3 is 2.08 bits per heavy atom. The van der Waals surface area contributed by atoms with Crippen molar-refractivity contribution in [1.29, 1.82) is 0 Å². The van der Waals surface area contributed by atoms with Crippen LogP contribution in [0.2, 0.25) is 0 Å². The van der Waals surface area contributed by atoms with Crippen LogP contribution in [-0.2, 0) is 16.0 Å². The molecule has 0 bridgehead atoms. The van der Waals surface area contributed by atoms with Crippen molar-refractivity contribution in [3.05, 3.63) is 77.6 Å². The molecule has 3 heterocycles. The summed E-state index contributed by atoms with van der Waals surface area (Å²) in [6.07, 6.45) is 8.94. The molecule has 12 heteroatoms. The van der Waals surface area contributed by atoms with Gasteiger partial charge in [0.2, 0.25) is 23.3 Å². The fraction of sp³-hybridized carbons (Fsp3) is 0.378. The molecular weight excluding hydrogens is 628 g/mol. The highest BCUT2D eigenvalue weighted by Gasteiger charge is 2.37. The molecule has 2 unspecified atom stereocenters. The lowest BCUT2D eigenvalue weighted by atomic mass is 9.78. The van der Waals surface area contributed by atoms with E-state index in [9.17, 15) is 9.59 Å². The molecule has 2 amide bonds. The Hall–Kier alpha value is -5.39. The van der Waals surface area contributed by atoms with Gasteiger partial charge >= 0.3 is 0 Å². The Labute approximate surface area is 286 Å². The number of dihydropyridines is 1. The van der Waals surface area contributed by atoms with E-state index in [2.05, 4.69) is 16.4 Å². The minimum Gasteiger partial charge on any atom is -0.493 e. The summed E-state index contributed by atoms with van der Waals surface area (Å²) >= 11 is 0. The summed E-state index contributed by atoms with van der Waals surface area (Å²) in [4.78, 5) is 32.6. The van der Waals surface area contributed by atoms with E-state index >= 15 is 0 Å². The van der Waals surface area contributed by atoms with E-state index in [1.54, 1.807) is 48.9 Å². The van der Waals surface area contributed by atoms with Gasteiger partial charge in [0.15, 0.2) is 23.0 Å². The number of carbonyl (C=O) groups is 2. The number of ether oxygens (including phenoxy) is 6. The average Bonchev–Trinajstić information content (AvgIpc) is 3.12. The lowest BCUT2D eigenvalue weighted by molar-refractivity contribution is -0.143. The zero-order valence-corrected chi connectivity index (χ0v) is 28.8. The Bertz CT molecular complexity index is 1690. The van der Waals surface area contributed by atoms with Crippen molar-refractivity contribution in [3.8, 4) is 45.8 Å². The number of carbonyl (C=O) groups excluding carboxylic acids is 2.